The van der Waals surface area contributed by atoms with E-state index in [-0.39, 0.29) is 5.41 Å². The first kappa shape index (κ1) is 11.5. The normalized spacial score (nSPS) is 24.4. The topological polar surface area (TPSA) is 23.5 Å². The minimum Gasteiger partial charge on any atom is -0.396 e. The van der Waals surface area contributed by atoms with Crippen molar-refractivity contribution in [1.29, 1.82) is 0 Å². The fraction of sp³-hybridized carbons (Fsp3) is 0.571. The Balaban J connectivity index is 2.11. The zero-order valence-corrected chi connectivity index (χ0v) is 10.2. The molecule has 2 heteroatoms. The summed E-state index contributed by atoms with van der Waals surface area (Å²) in [4.78, 5) is 2.42. The third-order valence-electron chi connectivity index (χ3n) is 3.79. The molecule has 0 spiro atoms. The van der Waals surface area contributed by atoms with Gasteiger partial charge in [0.1, 0.15) is 0 Å². The number of aliphatic hydroxyl groups excluding tert-OH is 1. The lowest BCUT2D eigenvalue weighted by atomic mass is 9.74. The Hall–Kier alpha value is -1.02. The lowest BCUT2D eigenvalue weighted by Gasteiger charge is -2.44. The lowest BCUT2D eigenvalue weighted by Crippen LogP contribution is -2.47. The Morgan fingerprint density at radius 2 is 2.00 bits per heavy atom. The largest absolute Gasteiger partial charge is 0.396 e. The zero-order valence-electron chi connectivity index (χ0n) is 10.2. The molecule has 0 saturated carbocycles. The number of nitrogens with zero attached hydrogens (tertiary/aromatic N) is 1. The van der Waals surface area contributed by atoms with E-state index in [4.69, 9.17) is 0 Å². The number of piperidine rings is 1. The van der Waals surface area contributed by atoms with Crippen LogP contribution in [0, 0.1) is 11.3 Å². The van der Waals surface area contributed by atoms with Crippen LogP contribution in [0.15, 0.2) is 30.3 Å². The van der Waals surface area contributed by atoms with Crippen LogP contribution in [0.5, 0.6) is 0 Å². The van der Waals surface area contributed by atoms with Crippen molar-refractivity contribution >= 4 is 5.69 Å². The Morgan fingerprint density at radius 3 is 2.56 bits per heavy atom. The number of anilines is 1. The summed E-state index contributed by atoms with van der Waals surface area (Å²) in [5.74, 6) is 0.437. The van der Waals surface area contributed by atoms with Gasteiger partial charge in [-0.15, -0.1) is 0 Å². The molecule has 0 aromatic heterocycles. The molecule has 1 N–H and O–H groups in total. The Kier molecular flexibility index (Phi) is 3.20. The number of rotatable bonds is 2. The van der Waals surface area contributed by atoms with Crippen LogP contribution in [0.4, 0.5) is 5.69 Å². The quantitative estimate of drug-likeness (QED) is 0.826. The molecule has 16 heavy (non-hydrogen) atoms. The molecule has 0 amide bonds. The maximum absolute atomic E-state index is 9.36. The van der Waals surface area contributed by atoms with Crippen LogP contribution in [-0.2, 0) is 0 Å². The summed E-state index contributed by atoms with van der Waals surface area (Å²) in [6, 6.07) is 10.5. The second-order valence-electron chi connectivity index (χ2n) is 5.41. The van der Waals surface area contributed by atoms with E-state index >= 15 is 0 Å². The van der Waals surface area contributed by atoms with E-state index in [1.54, 1.807) is 0 Å². The Morgan fingerprint density at radius 1 is 1.31 bits per heavy atom. The van der Waals surface area contributed by atoms with Gasteiger partial charge in [-0.3, -0.25) is 0 Å². The monoisotopic (exact) mass is 219 g/mol. The van der Waals surface area contributed by atoms with E-state index in [1.165, 1.54) is 5.69 Å². The van der Waals surface area contributed by atoms with Crippen molar-refractivity contribution in [2.75, 3.05) is 24.6 Å². The second-order valence-corrected chi connectivity index (χ2v) is 5.41. The fourth-order valence-electron chi connectivity index (χ4n) is 2.60. The number of benzene rings is 1. The van der Waals surface area contributed by atoms with Crippen LogP contribution < -0.4 is 4.90 Å². The molecule has 0 aliphatic carbocycles. The molecule has 1 atom stereocenters. The summed E-state index contributed by atoms with van der Waals surface area (Å²) >= 11 is 0. The van der Waals surface area contributed by atoms with E-state index in [9.17, 15) is 5.11 Å². The van der Waals surface area contributed by atoms with Gasteiger partial charge >= 0.3 is 0 Å². The molecule has 1 aromatic carbocycles. The van der Waals surface area contributed by atoms with E-state index in [1.807, 2.05) is 0 Å². The van der Waals surface area contributed by atoms with Gasteiger partial charge in [0, 0.05) is 25.4 Å². The molecule has 0 radical (unpaired) electrons. The smallest absolute Gasteiger partial charge is 0.0465 e. The molecule has 1 unspecified atom stereocenters. The number of hydrogen-bond acceptors (Lipinski definition) is 2. The van der Waals surface area contributed by atoms with Crippen molar-refractivity contribution in [3.8, 4) is 0 Å². The summed E-state index contributed by atoms with van der Waals surface area (Å²) < 4.78 is 0. The van der Waals surface area contributed by atoms with Gasteiger partial charge in [-0.25, -0.2) is 0 Å². The molecular formula is C14H21NO. The standard InChI is InChI=1S/C14H21NO/c1-14(2)11-15(9-8-12(14)10-16)13-6-4-3-5-7-13/h3-7,12,16H,8-11H2,1-2H3. The molecule has 1 aliphatic heterocycles. The molecular weight excluding hydrogens is 198 g/mol. The summed E-state index contributed by atoms with van der Waals surface area (Å²) in [5.41, 5.74) is 1.50. The molecule has 88 valence electrons. The number of hydrogen-bond donors (Lipinski definition) is 1. The minimum absolute atomic E-state index is 0.197. The van der Waals surface area contributed by atoms with Crippen LogP contribution in [-0.4, -0.2) is 24.8 Å². The maximum atomic E-state index is 9.36. The first-order valence-electron chi connectivity index (χ1n) is 6.04. The third-order valence-corrected chi connectivity index (χ3v) is 3.79. The summed E-state index contributed by atoms with van der Waals surface area (Å²) in [5, 5.41) is 9.36. The maximum Gasteiger partial charge on any atom is 0.0465 e. The molecule has 1 saturated heterocycles. The molecule has 2 rings (SSSR count). The fourth-order valence-corrected chi connectivity index (χ4v) is 2.60. The number of para-hydroxylation sites is 1. The molecule has 1 aliphatic rings. The van der Waals surface area contributed by atoms with Gasteiger partial charge in [0.05, 0.1) is 0 Å². The van der Waals surface area contributed by atoms with Gasteiger partial charge in [0.15, 0.2) is 0 Å². The molecule has 1 heterocycles. The summed E-state index contributed by atoms with van der Waals surface area (Å²) in [6.07, 6.45) is 1.08. The highest BCUT2D eigenvalue weighted by Gasteiger charge is 2.35. The zero-order chi connectivity index (χ0) is 11.6. The van der Waals surface area contributed by atoms with E-state index in [0.717, 1.165) is 19.5 Å². The van der Waals surface area contributed by atoms with Crippen molar-refractivity contribution in [2.45, 2.75) is 20.3 Å². The highest BCUT2D eigenvalue weighted by molar-refractivity contribution is 5.46. The average molecular weight is 219 g/mol. The lowest BCUT2D eigenvalue weighted by molar-refractivity contribution is 0.0973. The van der Waals surface area contributed by atoms with Gasteiger partial charge in [-0.1, -0.05) is 32.0 Å². The molecule has 0 bridgehead atoms. The van der Waals surface area contributed by atoms with Crippen molar-refractivity contribution in [3.05, 3.63) is 30.3 Å². The first-order valence-corrected chi connectivity index (χ1v) is 6.04. The van der Waals surface area contributed by atoms with Crippen LogP contribution in [0.1, 0.15) is 20.3 Å². The predicted molar refractivity (Wildman–Crippen MR) is 67.6 cm³/mol. The van der Waals surface area contributed by atoms with Crippen LogP contribution in [0.3, 0.4) is 0 Å². The SMILES string of the molecule is CC1(C)CN(c2ccccc2)CCC1CO. The van der Waals surface area contributed by atoms with Crippen molar-refractivity contribution < 1.29 is 5.11 Å². The van der Waals surface area contributed by atoms with Crippen LogP contribution >= 0.6 is 0 Å². The van der Waals surface area contributed by atoms with Gasteiger partial charge in [-0.05, 0) is 29.9 Å². The van der Waals surface area contributed by atoms with Crippen LogP contribution in [0.25, 0.3) is 0 Å². The first-order chi connectivity index (χ1) is 7.63. The van der Waals surface area contributed by atoms with Crippen molar-refractivity contribution in [3.63, 3.8) is 0 Å². The summed E-state index contributed by atoms with van der Waals surface area (Å²) in [7, 11) is 0. The van der Waals surface area contributed by atoms with E-state index < -0.39 is 0 Å². The molecule has 1 aromatic rings. The Labute approximate surface area is 97.9 Å². The van der Waals surface area contributed by atoms with E-state index in [2.05, 4.69) is 49.1 Å². The third kappa shape index (κ3) is 2.22. The van der Waals surface area contributed by atoms with Crippen molar-refractivity contribution in [1.82, 2.24) is 0 Å². The van der Waals surface area contributed by atoms with Gasteiger partial charge in [-0.2, -0.15) is 0 Å². The molecule has 2 nitrogen and oxygen atoms in total. The van der Waals surface area contributed by atoms with E-state index in [0.29, 0.717) is 12.5 Å². The highest BCUT2D eigenvalue weighted by Crippen LogP contribution is 2.36. The number of aliphatic hydroxyl groups is 1. The van der Waals surface area contributed by atoms with Gasteiger partial charge in [0.2, 0.25) is 0 Å². The van der Waals surface area contributed by atoms with Gasteiger partial charge < -0.3 is 10.0 Å². The highest BCUT2D eigenvalue weighted by atomic mass is 16.3. The average Bonchev–Trinajstić information content (AvgIpc) is 2.29. The van der Waals surface area contributed by atoms with Gasteiger partial charge in [0.25, 0.3) is 0 Å². The molecule has 1 fully saturated rings. The predicted octanol–water partition coefficient (Wildman–Crippen LogP) is 2.53. The van der Waals surface area contributed by atoms with Crippen LogP contribution in [0.2, 0.25) is 0 Å². The Bertz CT molecular complexity index is 334. The summed E-state index contributed by atoms with van der Waals surface area (Å²) in [6.45, 7) is 6.91. The second kappa shape index (κ2) is 4.46. The minimum atomic E-state index is 0.197. The van der Waals surface area contributed by atoms with Crippen molar-refractivity contribution in [2.24, 2.45) is 11.3 Å².